The van der Waals surface area contributed by atoms with Gasteiger partial charge in [0, 0.05) is 13.6 Å². The zero-order chi connectivity index (χ0) is 11.7. The number of aliphatic imine (C=N–C) groups is 1. The van der Waals surface area contributed by atoms with Crippen LogP contribution in [-0.2, 0) is 4.79 Å². The summed E-state index contributed by atoms with van der Waals surface area (Å²) in [4.78, 5) is 16.6. The molecule has 0 bridgehead atoms. The lowest BCUT2D eigenvalue weighted by Crippen LogP contribution is -2.37. The molecule has 0 aliphatic rings. The predicted molar refractivity (Wildman–Crippen MR) is 62.5 cm³/mol. The predicted octanol–water partition coefficient (Wildman–Crippen LogP) is 0.644. The van der Waals surface area contributed by atoms with E-state index < -0.39 is 0 Å². The average Bonchev–Trinajstić information content (AvgIpc) is 2.22. The number of nitriles is 1. The number of nitrogens with zero attached hydrogens (tertiary/aromatic N) is 3. The molecule has 0 saturated carbocycles. The van der Waals surface area contributed by atoms with Crippen LogP contribution in [0.25, 0.3) is 0 Å². The van der Waals surface area contributed by atoms with E-state index in [1.807, 2.05) is 13.2 Å². The van der Waals surface area contributed by atoms with Gasteiger partial charge in [0.2, 0.25) is 12.1 Å². The first-order valence-electron chi connectivity index (χ1n) is 4.64. The molecule has 0 aliphatic heterocycles. The van der Waals surface area contributed by atoms with E-state index in [2.05, 4.69) is 10.3 Å². The minimum Gasteiger partial charge on any atom is -0.355 e. The molecule has 1 amide bonds. The van der Waals surface area contributed by atoms with E-state index in [4.69, 9.17) is 5.26 Å². The molecule has 0 heterocycles. The second-order valence-corrected chi connectivity index (χ2v) is 3.68. The molecule has 6 heteroatoms. The summed E-state index contributed by atoms with van der Waals surface area (Å²) < 4.78 is 0. The van der Waals surface area contributed by atoms with Crippen molar-refractivity contribution in [2.24, 2.45) is 4.99 Å². The molecule has 0 aromatic rings. The molecule has 0 unspecified atom stereocenters. The highest BCUT2D eigenvalue weighted by atomic mass is 32.2. The van der Waals surface area contributed by atoms with Crippen LogP contribution < -0.4 is 5.32 Å². The van der Waals surface area contributed by atoms with Gasteiger partial charge in [-0.1, -0.05) is 18.7 Å². The van der Waals surface area contributed by atoms with Gasteiger partial charge in [0.15, 0.2) is 5.17 Å². The van der Waals surface area contributed by atoms with Crippen molar-refractivity contribution in [3.8, 4) is 6.19 Å². The van der Waals surface area contributed by atoms with Crippen LogP contribution in [0.4, 0.5) is 0 Å². The van der Waals surface area contributed by atoms with Crippen LogP contribution in [-0.4, -0.2) is 42.4 Å². The number of hydrogen-bond acceptors (Lipinski definition) is 4. The van der Waals surface area contributed by atoms with Crippen molar-refractivity contribution in [3.63, 3.8) is 0 Å². The van der Waals surface area contributed by atoms with Gasteiger partial charge in [-0.25, -0.2) is 0 Å². The monoisotopic (exact) mass is 228 g/mol. The van der Waals surface area contributed by atoms with Crippen LogP contribution in [0, 0.1) is 11.5 Å². The molecule has 1 N–H and O–H groups in total. The Labute approximate surface area is 94.5 Å². The van der Waals surface area contributed by atoms with Gasteiger partial charge < -0.3 is 10.2 Å². The molecule has 0 fully saturated rings. The third-order valence-corrected chi connectivity index (χ3v) is 2.38. The summed E-state index contributed by atoms with van der Waals surface area (Å²) in [6.07, 6.45) is 4.44. The van der Waals surface area contributed by atoms with Crippen LogP contribution in [0.1, 0.15) is 13.3 Å². The SMILES string of the molecule is CCCNC(=O)CN(C)C(=NC#N)SC. The van der Waals surface area contributed by atoms with Crippen molar-refractivity contribution >= 4 is 22.8 Å². The minimum atomic E-state index is -0.0564. The van der Waals surface area contributed by atoms with Gasteiger partial charge >= 0.3 is 0 Å². The van der Waals surface area contributed by atoms with E-state index in [1.165, 1.54) is 11.8 Å². The summed E-state index contributed by atoms with van der Waals surface area (Å²) in [5.74, 6) is -0.0564. The molecule has 0 aliphatic carbocycles. The Kier molecular flexibility index (Phi) is 7.46. The van der Waals surface area contributed by atoms with E-state index in [9.17, 15) is 4.79 Å². The van der Waals surface area contributed by atoms with Crippen molar-refractivity contribution in [1.29, 1.82) is 5.26 Å². The Morgan fingerprint density at radius 1 is 1.67 bits per heavy atom. The number of carbonyl (C=O) groups excluding carboxylic acids is 1. The molecular weight excluding hydrogens is 212 g/mol. The molecule has 0 aromatic carbocycles. The van der Waals surface area contributed by atoms with Gasteiger partial charge in [0.25, 0.3) is 0 Å². The summed E-state index contributed by atoms with van der Waals surface area (Å²) in [6, 6.07) is 0. The molecule has 84 valence electrons. The van der Waals surface area contributed by atoms with Gasteiger partial charge in [-0.2, -0.15) is 5.26 Å². The molecule has 0 aromatic heterocycles. The number of hydrogen-bond donors (Lipinski definition) is 1. The Hall–Kier alpha value is -1.22. The Morgan fingerprint density at radius 3 is 2.80 bits per heavy atom. The highest BCUT2D eigenvalue weighted by molar-refractivity contribution is 8.13. The van der Waals surface area contributed by atoms with Crippen molar-refractivity contribution in [1.82, 2.24) is 10.2 Å². The number of nitrogens with one attached hydrogen (secondary N) is 1. The number of rotatable bonds is 4. The number of likely N-dealkylation sites (N-methyl/N-ethyl adjacent to an activating group) is 1. The maximum absolute atomic E-state index is 11.3. The Balaban J connectivity index is 4.11. The largest absolute Gasteiger partial charge is 0.355 e. The average molecular weight is 228 g/mol. The molecule has 5 nitrogen and oxygen atoms in total. The molecule has 15 heavy (non-hydrogen) atoms. The maximum Gasteiger partial charge on any atom is 0.239 e. The van der Waals surface area contributed by atoms with Crippen LogP contribution in [0.2, 0.25) is 0 Å². The highest BCUT2D eigenvalue weighted by Crippen LogP contribution is 2.02. The summed E-state index contributed by atoms with van der Waals surface area (Å²) in [6.45, 7) is 2.90. The van der Waals surface area contributed by atoms with Gasteiger partial charge in [-0.15, -0.1) is 4.99 Å². The van der Waals surface area contributed by atoms with Crippen molar-refractivity contribution in [2.45, 2.75) is 13.3 Å². The minimum absolute atomic E-state index is 0.0564. The Morgan fingerprint density at radius 2 is 2.33 bits per heavy atom. The van der Waals surface area contributed by atoms with E-state index in [-0.39, 0.29) is 12.5 Å². The van der Waals surface area contributed by atoms with Crippen LogP contribution in [0.5, 0.6) is 0 Å². The number of thioether (sulfide) groups is 1. The molecule has 0 radical (unpaired) electrons. The van der Waals surface area contributed by atoms with E-state index in [1.54, 1.807) is 18.1 Å². The van der Waals surface area contributed by atoms with Gasteiger partial charge in [-0.05, 0) is 12.7 Å². The summed E-state index contributed by atoms with van der Waals surface area (Å²) >= 11 is 1.34. The van der Waals surface area contributed by atoms with E-state index >= 15 is 0 Å². The quantitative estimate of drug-likeness (QED) is 0.435. The Bertz CT molecular complexity index is 272. The molecular formula is C9H16N4OS. The van der Waals surface area contributed by atoms with Crippen LogP contribution in [0.3, 0.4) is 0 Å². The molecule has 0 atom stereocenters. The van der Waals surface area contributed by atoms with Gasteiger partial charge in [0.05, 0.1) is 6.54 Å². The second-order valence-electron chi connectivity index (χ2n) is 2.90. The maximum atomic E-state index is 11.3. The van der Waals surface area contributed by atoms with E-state index in [0.717, 1.165) is 6.42 Å². The van der Waals surface area contributed by atoms with Crippen LogP contribution in [0.15, 0.2) is 4.99 Å². The van der Waals surface area contributed by atoms with Gasteiger partial charge in [0.1, 0.15) is 0 Å². The third kappa shape index (κ3) is 5.96. The van der Waals surface area contributed by atoms with Crippen molar-refractivity contribution in [3.05, 3.63) is 0 Å². The van der Waals surface area contributed by atoms with Crippen LogP contribution >= 0.6 is 11.8 Å². The van der Waals surface area contributed by atoms with E-state index in [0.29, 0.717) is 11.7 Å². The second kappa shape index (κ2) is 8.12. The fourth-order valence-electron chi connectivity index (χ4n) is 0.933. The smallest absolute Gasteiger partial charge is 0.239 e. The van der Waals surface area contributed by atoms with Crippen molar-refractivity contribution in [2.75, 3.05) is 26.4 Å². The number of carbonyl (C=O) groups is 1. The zero-order valence-corrected chi connectivity index (χ0v) is 10.1. The standard InChI is InChI=1S/C9H16N4OS/c1-4-5-11-8(14)6-13(2)9(15-3)12-7-10/h4-6H2,1-3H3,(H,11,14). The number of amides is 1. The topological polar surface area (TPSA) is 68.5 Å². The lowest BCUT2D eigenvalue weighted by molar-refractivity contribution is -0.121. The fourth-order valence-corrected chi connectivity index (χ4v) is 1.44. The first-order chi connectivity index (χ1) is 7.15. The first-order valence-corrected chi connectivity index (χ1v) is 5.86. The lowest BCUT2D eigenvalue weighted by atomic mass is 10.4. The molecule has 0 saturated heterocycles. The molecule has 0 spiro atoms. The zero-order valence-electron chi connectivity index (χ0n) is 9.28. The van der Waals surface area contributed by atoms with Crippen molar-refractivity contribution < 1.29 is 4.79 Å². The molecule has 0 rings (SSSR count). The lowest BCUT2D eigenvalue weighted by Gasteiger charge is -2.17. The third-order valence-electron chi connectivity index (χ3n) is 1.61. The summed E-state index contributed by atoms with van der Waals surface area (Å²) in [7, 11) is 1.73. The highest BCUT2D eigenvalue weighted by Gasteiger charge is 2.09. The fraction of sp³-hybridized carbons (Fsp3) is 0.667. The summed E-state index contributed by atoms with van der Waals surface area (Å²) in [5.41, 5.74) is 0. The van der Waals surface area contributed by atoms with Gasteiger partial charge in [-0.3, -0.25) is 4.79 Å². The normalized spacial score (nSPS) is 10.7. The number of amidine groups is 1. The first kappa shape index (κ1) is 13.8. The summed E-state index contributed by atoms with van der Waals surface area (Å²) in [5, 5.41) is 11.7.